The van der Waals surface area contributed by atoms with E-state index in [2.05, 4.69) is 26.1 Å². The number of benzene rings is 1. The first-order valence-electron chi connectivity index (χ1n) is 6.64. The van der Waals surface area contributed by atoms with Gasteiger partial charge in [0.2, 0.25) is 0 Å². The van der Waals surface area contributed by atoms with Gasteiger partial charge in [-0.25, -0.2) is 0 Å². The van der Waals surface area contributed by atoms with Gasteiger partial charge in [0, 0.05) is 0 Å². The first-order valence-corrected chi connectivity index (χ1v) is 9.23. The first kappa shape index (κ1) is 16.2. The molecule has 0 unspecified atom stereocenters. The van der Waals surface area contributed by atoms with Crippen LogP contribution in [0.4, 0.5) is 0 Å². The topological polar surface area (TPSA) is 57.0 Å². The zero-order chi connectivity index (χ0) is 16.2. The molecular weight excluding hydrogens is 398 g/mol. The summed E-state index contributed by atoms with van der Waals surface area (Å²) in [6.45, 7) is 0. The molecule has 0 aliphatic rings. The molecule has 1 aromatic carbocycles. The summed E-state index contributed by atoms with van der Waals surface area (Å²) < 4.78 is 8.13. The molecule has 0 fully saturated rings. The predicted molar refractivity (Wildman–Crippen MR) is 95.0 cm³/mol. The number of ketones is 1. The second-order valence-corrected chi connectivity index (χ2v) is 7.88. The van der Waals surface area contributed by atoms with Crippen molar-refractivity contribution in [3.8, 4) is 11.4 Å². The maximum Gasteiger partial charge on any atom is 0.196 e. The van der Waals surface area contributed by atoms with Gasteiger partial charge in [-0.15, -0.1) is 21.5 Å². The molecule has 0 bridgehead atoms. The number of halogens is 1. The summed E-state index contributed by atoms with van der Waals surface area (Å²) in [6.07, 6.45) is 1.62. The minimum Gasteiger partial charge on any atom is -0.495 e. The van der Waals surface area contributed by atoms with Gasteiger partial charge >= 0.3 is 0 Å². The van der Waals surface area contributed by atoms with E-state index in [4.69, 9.17) is 4.74 Å². The van der Waals surface area contributed by atoms with Crippen LogP contribution in [0.3, 0.4) is 0 Å². The second kappa shape index (κ2) is 7.29. The highest BCUT2D eigenvalue weighted by Gasteiger charge is 2.14. The minimum absolute atomic E-state index is 0.0697. The van der Waals surface area contributed by atoms with E-state index in [9.17, 15) is 4.79 Å². The van der Waals surface area contributed by atoms with E-state index in [1.54, 1.807) is 13.4 Å². The molecule has 0 radical (unpaired) electrons. The van der Waals surface area contributed by atoms with Crippen LogP contribution in [0.1, 0.15) is 9.67 Å². The largest absolute Gasteiger partial charge is 0.495 e. The van der Waals surface area contributed by atoms with Crippen LogP contribution in [0.25, 0.3) is 5.69 Å². The summed E-state index contributed by atoms with van der Waals surface area (Å²) in [5.74, 6) is 1.10. The van der Waals surface area contributed by atoms with Crippen molar-refractivity contribution in [3.63, 3.8) is 0 Å². The minimum atomic E-state index is 0.0697. The first-order chi connectivity index (χ1) is 11.2. The number of Topliss-reactive ketones (excluding diaryl/α,β-unsaturated/α-hetero) is 1. The van der Waals surface area contributed by atoms with Gasteiger partial charge in [-0.2, -0.15) is 0 Å². The Labute approximate surface area is 149 Å². The molecule has 0 aliphatic heterocycles. The molecule has 0 N–H and O–H groups in total. The Morgan fingerprint density at radius 3 is 2.91 bits per heavy atom. The van der Waals surface area contributed by atoms with Crippen LogP contribution >= 0.6 is 39.0 Å². The van der Waals surface area contributed by atoms with Crippen LogP contribution < -0.4 is 4.74 Å². The van der Waals surface area contributed by atoms with Crippen molar-refractivity contribution >= 4 is 44.8 Å². The third kappa shape index (κ3) is 3.65. The van der Waals surface area contributed by atoms with Gasteiger partial charge in [0.1, 0.15) is 12.1 Å². The van der Waals surface area contributed by atoms with Crippen LogP contribution in [0.15, 0.2) is 51.7 Å². The molecule has 0 amide bonds. The van der Waals surface area contributed by atoms with Crippen molar-refractivity contribution in [2.45, 2.75) is 5.16 Å². The summed E-state index contributed by atoms with van der Waals surface area (Å²) in [4.78, 5) is 12.9. The number of methoxy groups -OCH3 is 1. The van der Waals surface area contributed by atoms with E-state index in [0.717, 1.165) is 20.1 Å². The van der Waals surface area contributed by atoms with Gasteiger partial charge in [-0.1, -0.05) is 23.9 Å². The van der Waals surface area contributed by atoms with Crippen molar-refractivity contribution < 1.29 is 9.53 Å². The highest BCUT2D eigenvalue weighted by molar-refractivity contribution is 9.11. The average molecular weight is 410 g/mol. The number of nitrogens with zero attached hydrogens (tertiary/aromatic N) is 3. The zero-order valence-electron chi connectivity index (χ0n) is 12.1. The van der Waals surface area contributed by atoms with Crippen molar-refractivity contribution in [1.82, 2.24) is 14.8 Å². The van der Waals surface area contributed by atoms with Gasteiger partial charge in [0.15, 0.2) is 10.9 Å². The number of thiophene rings is 1. The fraction of sp³-hybridized carbons (Fsp3) is 0.133. The van der Waals surface area contributed by atoms with Gasteiger partial charge < -0.3 is 4.74 Å². The van der Waals surface area contributed by atoms with Crippen molar-refractivity contribution in [3.05, 3.63) is 51.4 Å². The monoisotopic (exact) mass is 409 g/mol. The molecule has 23 heavy (non-hydrogen) atoms. The van der Waals surface area contributed by atoms with Gasteiger partial charge in [-0.05, 0) is 40.2 Å². The summed E-state index contributed by atoms with van der Waals surface area (Å²) >= 11 is 6.15. The van der Waals surface area contributed by atoms with Crippen molar-refractivity contribution in [2.24, 2.45) is 0 Å². The van der Waals surface area contributed by atoms with Gasteiger partial charge in [-0.3, -0.25) is 9.36 Å². The summed E-state index contributed by atoms with van der Waals surface area (Å²) in [5, 5.41) is 8.70. The Morgan fingerprint density at radius 2 is 2.17 bits per heavy atom. The summed E-state index contributed by atoms with van der Waals surface area (Å²) in [7, 11) is 1.62. The predicted octanol–water partition coefficient (Wildman–Crippen LogP) is 4.07. The highest BCUT2D eigenvalue weighted by Crippen LogP contribution is 2.28. The third-order valence-corrected chi connectivity index (χ3v) is 5.65. The number of ether oxygens (including phenoxy) is 1. The Balaban J connectivity index is 1.78. The molecule has 2 aromatic heterocycles. The van der Waals surface area contributed by atoms with Crippen molar-refractivity contribution in [2.75, 3.05) is 12.9 Å². The number of thioether (sulfide) groups is 1. The molecule has 3 rings (SSSR count). The molecule has 3 aromatic rings. The van der Waals surface area contributed by atoms with E-state index >= 15 is 0 Å². The van der Waals surface area contributed by atoms with E-state index in [-0.39, 0.29) is 5.78 Å². The molecule has 0 aliphatic carbocycles. The lowest BCUT2D eigenvalue weighted by molar-refractivity contribution is 0.102. The fourth-order valence-electron chi connectivity index (χ4n) is 1.98. The van der Waals surface area contributed by atoms with E-state index in [0.29, 0.717) is 10.9 Å². The van der Waals surface area contributed by atoms with E-state index in [1.807, 2.05) is 41.0 Å². The van der Waals surface area contributed by atoms with Crippen LogP contribution in [0, 0.1) is 0 Å². The van der Waals surface area contributed by atoms with Gasteiger partial charge in [0.25, 0.3) is 0 Å². The SMILES string of the molecule is COc1ccccc1-n1cnnc1SCC(=O)c1ccc(Br)s1. The Hall–Kier alpha value is -1.64. The Morgan fingerprint density at radius 1 is 1.35 bits per heavy atom. The molecule has 2 heterocycles. The standard InChI is InChI=1S/C15H12BrN3O2S2/c1-21-12-5-3-2-4-10(12)19-9-17-18-15(19)22-8-11(20)13-6-7-14(16)23-13/h2-7,9H,8H2,1H3. The summed E-state index contributed by atoms with van der Waals surface area (Å²) in [6, 6.07) is 11.3. The number of hydrogen-bond acceptors (Lipinski definition) is 6. The molecule has 118 valence electrons. The van der Waals surface area contributed by atoms with Crippen LogP contribution in [-0.4, -0.2) is 33.4 Å². The number of hydrogen-bond donors (Lipinski definition) is 0. The second-order valence-electron chi connectivity index (χ2n) is 4.47. The highest BCUT2D eigenvalue weighted by atomic mass is 79.9. The number of para-hydroxylation sites is 2. The normalized spacial score (nSPS) is 10.7. The summed E-state index contributed by atoms with van der Waals surface area (Å²) in [5.41, 5.74) is 0.841. The smallest absolute Gasteiger partial charge is 0.196 e. The zero-order valence-corrected chi connectivity index (χ0v) is 15.3. The van der Waals surface area contributed by atoms with Crippen LogP contribution in [-0.2, 0) is 0 Å². The lowest BCUT2D eigenvalue weighted by Gasteiger charge is -2.10. The van der Waals surface area contributed by atoms with Gasteiger partial charge in [0.05, 0.1) is 27.2 Å². The van der Waals surface area contributed by atoms with Crippen molar-refractivity contribution in [1.29, 1.82) is 0 Å². The fourth-order valence-corrected chi connectivity index (χ4v) is 4.20. The molecule has 0 saturated heterocycles. The third-order valence-electron chi connectivity index (χ3n) is 3.04. The molecule has 8 heteroatoms. The molecule has 5 nitrogen and oxygen atoms in total. The average Bonchev–Trinajstić information content (AvgIpc) is 3.21. The molecular formula is C15H12BrN3O2S2. The number of rotatable bonds is 6. The van der Waals surface area contributed by atoms with E-state index in [1.165, 1.54) is 23.1 Å². The molecule has 0 saturated carbocycles. The Bertz CT molecular complexity index is 832. The number of aromatic nitrogens is 3. The number of carbonyl (C=O) groups excluding carboxylic acids is 1. The lowest BCUT2D eigenvalue weighted by atomic mass is 10.3. The van der Waals surface area contributed by atoms with E-state index < -0.39 is 0 Å². The maximum absolute atomic E-state index is 12.2. The quantitative estimate of drug-likeness (QED) is 0.453. The van der Waals surface area contributed by atoms with Crippen LogP contribution in [0.5, 0.6) is 5.75 Å². The Kier molecular flexibility index (Phi) is 5.14. The van der Waals surface area contributed by atoms with Crippen LogP contribution in [0.2, 0.25) is 0 Å². The molecule has 0 spiro atoms. The lowest BCUT2D eigenvalue weighted by Crippen LogP contribution is -2.03. The number of carbonyl (C=O) groups is 1. The molecule has 0 atom stereocenters. The maximum atomic E-state index is 12.2.